The van der Waals surface area contributed by atoms with E-state index < -0.39 is 5.97 Å². The Bertz CT molecular complexity index is 686. The lowest BCUT2D eigenvalue weighted by Gasteiger charge is -2.34. The summed E-state index contributed by atoms with van der Waals surface area (Å²) in [5.74, 6) is -0.746. The molecule has 1 N–H and O–H groups in total. The highest BCUT2D eigenvalue weighted by molar-refractivity contribution is 6.03. The zero-order chi connectivity index (χ0) is 19.4. The van der Waals surface area contributed by atoms with Gasteiger partial charge in [0.2, 0.25) is 0 Å². The number of aromatic amines is 1. The van der Waals surface area contributed by atoms with Gasteiger partial charge in [0, 0.05) is 5.69 Å². The van der Waals surface area contributed by atoms with E-state index in [1.807, 2.05) is 6.92 Å². The standard InChI is InChI=1S/C19H28N2O5/c1-6-26-19(24)15-11(2)16(20-12(15)3)17(22)13(4)21-9-7-14(8-10-21)18(23)25-5/h13-14,20H,6-10H2,1-5H3/t13-/m0/s1. The fourth-order valence-electron chi connectivity index (χ4n) is 3.57. The van der Waals surface area contributed by atoms with Crippen LogP contribution in [0, 0.1) is 19.8 Å². The number of ketones is 1. The molecule has 144 valence electrons. The maximum atomic E-state index is 13.0. The van der Waals surface area contributed by atoms with Crippen molar-refractivity contribution in [3.63, 3.8) is 0 Å². The Morgan fingerprint density at radius 3 is 2.38 bits per heavy atom. The minimum Gasteiger partial charge on any atom is -0.469 e. The van der Waals surface area contributed by atoms with E-state index >= 15 is 0 Å². The number of nitrogens with one attached hydrogen (secondary N) is 1. The number of methoxy groups -OCH3 is 1. The lowest BCUT2D eigenvalue weighted by Crippen LogP contribution is -2.45. The van der Waals surface area contributed by atoms with E-state index in [9.17, 15) is 14.4 Å². The lowest BCUT2D eigenvalue weighted by atomic mass is 9.94. The zero-order valence-electron chi connectivity index (χ0n) is 16.2. The molecule has 0 amide bonds. The summed E-state index contributed by atoms with van der Waals surface area (Å²) in [6.07, 6.45) is 1.36. The molecular formula is C19H28N2O5. The topological polar surface area (TPSA) is 88.7 Å². The Hall–Kier alpha value is -2.15. The van der Waals surface area contributed by atoms with Gasteiger partial charge in [0.1, 0.15) is 0 Å². The van der Waals surface area contributed by atoms with Gasteiger partial charge < -0.3 is 14.5 Å². The third-order valence-corrected chi connectivity index (χ3v) is 5.15. The number of Topliss-reactive ketones (excluding diaryl/α,β-unsaturated/α-hetero) is 1. The molecule has 0 aromatic carbocycles. The van der Waals surface area contributed by atoms with E-state index in [2.05, 4.69) is 9.88 Å². The van der Waals surface area contributed by atoms with Crippen LogP contribution < -0.4 is 0 Å². The predicted octanol–water partition coefficient (Wildman–Crippen LogP) is 2.26. The van der Waals surface area contributed by atoms with Gasteiger partial charge in [-0.15, -0.1) is 0 Å². The van der Waals surface area contributed by atoms with Crippen LogP contribution in [0.4, 0.5) is 0 Å². The molecule has 1 aliphatic heterocycles. The first-order valence-corrected chi connectivity index (χ1v) is 9.04. The normalized spacial score (nSPS) is 17.0. The van der Waals surface area contributed by atoms with Crippen molar-refractivity contribution in [2.75, 3.05) is 26.8 Å². The lowest BCUT2D eigenvalue weighted by molar-refractivity contribution is -0.147. The van der Waals surface area contributed by atoms with E-state index in [-0.39, 0.29) is 30.3 Å². The van der Waals surface area contributed by atoms with E-state index in [0.717, 1.165) is 0 Å². The number of aromatic nitrogens is 1. The molecule has 0 radical (unpaired) electrons. The van der Waals surface area contributed by atoms with Gasteiger partial charge in [0.05, 0.1) is 36.9 Å². The van der Waals surface area contributed by atoms with Crippen LogP contribution in [0.3, 0.4) is 0 Å². The van der Waals surface area contributed by atoms with Gasteiger partial charge >= 0.3 is 11.9 Å². The maximum Gasteiger partial charge on any atom is 0.340 e. The van der Waals surface area contributed by atoms with Crippen LogP contribution >= 0.6 is 0 Å². The van der Waals surface area contributed by atoms with Gasteiger partial charge in [-0.25, -0.2) is 4.79 Å². The smallest absolute Gasteiger partial charge is 0.340 e. The van der Waals surface area contributed by atoms with Crippen molar-refractivity contribution in [2.24, 2.45) is 5.92 Å². The minimum atomic E-state index is -0.413. The molecule has 0 spiro atoms. The molecular weight excluding hydrogens is 336 g/mol. The number of piperidine rings is 1. The summed E-state index contributed by atoms with van der Waals surface area (Å²) in [6.45, 7) is 8.76. The third kappa shape index (κ3) is 3.98. The van der Waals surface area contributed by atoms with Crippen LogP contribution in [0.2, 0.25) is 0 Å². The quantitative estimate of drug-likeness (QED) is 0.615. The number of rotatable bonds is 6. The average Bonchev–Trinajstić information content (AvgIpc) is 2.94. The Morgan fingerprint density at radius 2 is 1.85 bits per heavy atom. The molecule has 1 aromatic rings. The van der Waals surface area contributed by atoms with Crippen LogP contribution in [0.25, 0.3) is 0 Å². The van der Waals surface area contributed by atoms with Crippen molar-refractivity contribution in [1.82, 2.24) is 9.88 Å². The van der Waals surface area contributed by atoms with Gasteiger partial charge in [-0.2, -0.15) is 0 Å². The summed E-state index contributed by atoms with van der Waals surface area (Å²) in [6, 6.07) is -0.333. The number of ether oxygens (including phenoxy) is 2. The van der Waals surface area contributed by atoms with E-state index in [1.165, 1.54) is 7.11 Å². The van der Waals surface area contributed by atoms with Crippen molar-refractivity contribution < 1.29 is 23.9 Å². The van der Waals surface area contributed by atoms with E-state index in [0.29, 0.717) is 48.4 Å². The third-order valence-electron chi connectivity index (χ3n) is 5.15. The molecule has 0 unspecified atom stereocenters. The first-order chi connectivity index (χ1) is 12.3. The highest BCUT2D eigenvalue weighted by atomic mass is 16.5. The average molecular weight is 364 g/mol. The first kappa shape index (κ1) is 20.2. The predicted molar refractivity (Wildman–Crippen MR) is 96.3 cm³/mol. The summed E-state index contributed by atoms with van der Waals surface area (Å²) < 4.78 is 9.88. The molecule has 7 nitrogen and oxygen atoms in total. The molecule has 1 aromatic heterocycles. The summed E-state index contributed by atoms with van der Waals surface area (Å²) in [7, 11) is 1.40. The number of hydrogen-bond donors (Lipinski definition) is 1. The van der Waals surface area contributed by atoms with Gasteiger partial charge in [0.15, 0.2) is 5.78 Å². The molecule has 0 aliphatic carbocycles. The number of hydrogen-bond acceptors (Lipinski definition) is 6. The first-order valence-electron chi connectivity index (χ1n) is 9.04. The minimum absolute atomic E-state index is 0.0577. The summed E-state index contributed by atoms with van der Waals surface area (Å²) in [5, 5.41) is 0. The van der Waals surface area contributed by atoms with E-state index in [4.69, 9.17) is 9.47 Å². The van der Waals surface area contributed by atoms with Crippen molar-refractivity contribution in [3.05, 3.63) is 22.5 Å². The second-order valence-corrected chi connectivity index (χ2v) is 6.72. The molecule has 1 aliphatic rings. The Morgan fingerprint density at radius 1 is 1.23 bits per heavy atom. The number of carbonyl (C=O) groups excluding carboxylic acids is 3. The summed E-state index contributed by atoms with van der Waals surface area (Å²) in [4.78, 5) is 41.9. The number of H-pyrrole nitrogens is 1. The highest BCUT2D eigenvalue weighted by Gasteiger charge is 2.32. The molecule has 0 bridgehead atoms. The fourth-order valence-corrected chi connectivity index (χ4v) is 3.57. The van der Waals surface area contributed by atoms with Gasteiger partial charge in [-0.1, -0.05) is 0 Å². The number of nitrogens with zero attached hydrogens (tertiary/aromatic N) is 1. The number of aryl methyl sites for hydroxylation is 1. The van der Waals surface area contributed by atoms with Crippen molar-refractivity contribution in [3.8, 4) is 0 Å². The molecule has 1 fully saturated rings. The van der Waals surface area contributed by atoms with Crippen LogP contribution in [0.15, 0.2) is 0 Å². The molecule has 26 heavy (non-hydrogen) atoms. The largest absolute Gasteiger partial charge is 0.469 e. The Kier molecular flexibility index (Phi) is 6.58. The van der Waals surface area contributed by atoms with Crippen molar-refractivity contribution in [2.45, 2.75) is 46.6 Å². The van der Waals surface area contributed by atoms with Crippen LogP contribution in [0.1, 0.15) is 58.8 Å². The second-order valence-electron chi connectivity index (χ2n) is 6.72. The van der Waals surface area contributed by atoms with Crippen molar-refractivity contribution >= 4 is 17.7 Å². The SMILES string of the molecule is CCOC(=O)c1c(C)[nH]c(C(=O)[C@H](C)N2CCC(C(=O)OC)CC2)c1C. The molecule has 1 saturated heterocycles. The fraction of sp³-hybridized carbons (Fsp3) is 0.632. The van der Waals surface area contributed by atoms with Crippen LogP contribution in [0.5, 0.6) is 0 Å². The number of esters is 2. The zero-order valence-corrected chi connectivity index (χ0v) is 16.2. The van der Waals surface area contributed by atoms with Gasteiger partial charge in [-0.05, 0) is 59.2 Å². The molecule has 1 atom stereocenters. The van der Waals surface area contributed by atoms with E-state index in [1.54, 1.807) is 20.8 Å². The monoisotopic (exact) mass is 364 g/mol. The van der Waals surface area contributed by atoms with Crippen LogP contribution in [-0.2, 0) is 14.3 Å². The molecule has 2 rings (SSSR count). The second kappa shape index (κ2) is 8.49. The Labute approximate surface area is 154 Å². The highest BCUT2D eigenvalue weighted by Crippen LogP contribution is 2.24. The van der Waals surface area contributed by atoms with Gasteiger partial charge in [-0.3, -0.25) is 14.5 Å². The van der Waals surface area contributed by atoms with Crippen LogP contribution in [-0.4, -0.2) is 60.5 Å². The number of carbonyl (C=O) groups is 3. The maximum absolute atomic E-state index is 13.0. The molecule has 0 saturated carbocycles. The summed E-state index contributed by atoms with van der Waals surface area (Å²) >= 11 is 0. The molecule has 7 heteroatoms. The van der Waals surface area contributed by atoms with Crippen molar-refractivity contribution in [1.29, 1.82) is 0 Å². The molecule has 2 heterocycles. The Balaban J connectivity index is 2.11. The summed E-state index contributed by atoms with van der Waals surface area (Å²) in [5.41, 5.74) is 2.16. The number of likely N-dealkylation sites (tertiary alicyclic amines) is 1. The van der Waals surface area contributed by atoms with Gasteiger partial charge in [0.25, 0.3) is 0 Å².